The summed E-state index contributed by atoms with van der Waals surface area (Å²) in [4.78, 5) is 23.9. The maximum Gasteiger partial charge on any atom is 0.341 e. The molecule has 6 heteroatoms. The lowest BCUT2D eigenvalue weighted by molar-refractivity contribution is 0.0694. The van der Waals surface area contributed by atoms with E-state index < -0.39 is 11.4 Å². The molecule has 1 N–H and O–H groups in total. The fourth-order valence-corrected chi connectivity index (χ4v) is 4.55. The van der Waals surface area contributed by atoms with Crippen LogP contribution in [0.25, 0.3) is 11.3 Å². The zero-order valence-electron chi connectivity index (χ0n) is 18.7. The first-order valence-electron chi connectivity index (χ1n) is 11.1. The van der Waals surface area contributed by atoms with Gasteiger partial charge in [0.2, 0.25) is 0 Å². The van der Waals surface area contributed by atoms with Crippen molar-refractivity contribution >= 4 is 5.97 Å². The van der Waals surface area contributed by atoms with Crippen molar-refractivity contribution in [1.29, 1.82) is 0 Å². The van der Waals surface area contributed by atoms with Crippen LogP contribution < -0.4 is 14.9 Å². The van der Waals surface area contributed by atoms with Gasteiger partial charge in [-0.05, 0) is 42.9 Å². The van der Waals surface area contributed by atoms with Gasteiger partial charge in [-0.25, -0.2) is 4.79 Å². The Balaban J connectivity index is 1.71. The van der Waals surface area contributed by atoms with Crippen LogP contribution in [0.15, 0.2) is 53.5 Å². The van der Waals surface area contributed by atoms with Gasteiger partial charge in [0, 0.05) is 29.8 Å². The third kappa shape index (κ3) is 4.09. The van der Waals surface area contributed by atoms with Gasteiger partial charge in [-0.2, -0.15) is 0 Å². The zero-order chi connectivity index (χ0) is 22.8. The first-order chi connectivity index (χ1) is 15.4. The number of aromatic carboxylic acids is 1. The minimum absolute atomic E-state index is 0.0633. The molecule has 32 heavy (non-hydrogen) atoms. The molecule has 3 unspecified atom stereocenters. The molecule has 0 saturated carbocycles. The van der Waals surface area contributed by atoms with Crippen molar-refractivity contribution in [2.45, 2.75) is 39.2 Å². The molecule has 0 spiro atoms. The number of hydrogen-bond acceptors (Lipinski definition) is 4. The second-order valence-corrected chi connectivity index (χ2v) is 8.58. The lowest BCUT2D eigenvalue weighted by Crippen LogP contribution is -2.25. The number of carboxylic acids is 1. The Morgan fingerprint density at radius 3 is 2.75 bits per heavy atom. The van der Waals surface area contributed by atoms with E-state index in [1.54, 1.807) is 7.11 Å². The number of rotatable bonds is 6. The third-order valence-electron chi connectivity index (χ3n) is 6.57. The minimum atomic E-state index is -1.20. The summed E-state index contributed by atoms with van der Waals surface area (Å²) in [6.45, 7) is 4.85. The highest BCUT2D eigenvalue weighted by molar-refractivity contribution is 5.87. The van der Waals surface area contributed by atoms with Crippen molar-refractivity contribution < 1.29 is 19.4 Å². The summed E-state index contributed by atoms with van der Waals surface area (Å²) >= 11 is 0. The second-order valence-electron chi connectivity index (χ2n) is 8.58. The average Bonchev–Trinajstić information content (AvgIpc) is 2.99. The normalized spacial score (nSPS) is 21.4. The van der Waals surface area contributed by atoms with Crippen LogP contribution in [0.3, 0.4) is 0 Å². The number of aromatic nitrogens is 1. The first kappa shape index (κ1) is 21.9. The highest BCUT2D eigenvalue weighted by Crippen LogP contribution is 2.42. The highest BCUT2D eigenvalue weighted by Gasteiger charge is 2.27. The standard InChI is InChI=1S/C26H29NO5/c1-4-19-10-18-11-25(32-15-17-9-7-5-6-8-16(17)2)24(31-3)12-20(18)22-13-23(28)21(26(29)30)14-27(19)22/h5-7,9,11-14,16-17,19H,4,8,10,15H2,1-3H3,(H,29,30). The molecule has 2 aromatic rings. The molecule has 4 rings (SSSR count). The highest BCUT2D eigenvalue weighted by atomic mass is 16.5. The molecule has 168 valence electrons. The number of benzene rings is 1. The summed E-state index contributed by atoms with van der Waals surface area (Å²) in [7, 11) is 1.60. The molecule has 0 amide bonds. The van der Waals surface area contributed by atoms with E-state index in [1.807, 2.05) is 16.7 Å². The van der Waals surface area contributed by atoms with E-state index in [9.17, 15) is 14.7 Å². The summed E-state index contributed by atoms with van der Waals surface area (Å²) in [6, 6.07) is 5.40. The molecular weight excluding hydrogens is 406 g/mol. The third-order valence-corrected chi connectivity index (χ3v) is 6.57. The van der Waals surface area contributed by atoms with Crippen LogP contribution in [0.2, 0.25) is 0 Å². The van der Waals surface area contributed by atoms with Gasteiger partial charge in [0.25, 0.3) is 0 Å². The predicted octanol–water partition coefficient (Wildman–Crippen LogP) is 4.88. The van der Waals surface area contributed by atoms with Crippen molar-refractivity contribution in [3.8, 4) is 22.8 Å². The van der Waals surface area contributed by atoms with Gasteiger partial charge in [0.15, 0.2) is 16.9 Å². The Hall–Kier alpha value is -3.28. The number of carboxylic acid groups (broad SMARTS) is 1. The monoisotopic (exact) mass is 435 g/mol. The Morgan fingerprint density at radius 2 is 2.03 bits per heavy atom. The van der Waals surface area contributed by atoms with E-state index in [0.29, 0.717) is 35.6 Å². The molecule has 0 fully saturated rings. The average molecular weight is 436 g/mol. The quantitative estimate of drug-likeness (QED) is 0.700. The first-order valence-corrected chi connectivity index (χ1v) is 11.1. The molecule has 0 saturated heterocycles. The molecule has 1 aliphatic carbocycles. The molecule has 0 radical (unpaired) electrons. The van der Waals surface area contributed by atoms with Gasteiger partial charge < -0.3 is 19.1 Å². The number of pyridine rings is 1. The van der Waals surface area contributed by atoms with E-state index in [0.717, 1.165) is 30.4 Å². The van der Waals surface area contributed by atoms with E-state index in [-0.39, 0.29) is 11.6 Å². The van der Waals surface area contributed by atoms with Crippen LogP contribution >= 0.6 is 0 Å². The number of methoxy groups -OCH3 is 1. The van der Waals surface area contributed by atoms with Gasteiger partial charge in [-0.1, -0.05) is 38.2 Å². The number of allylic oxidation sites excluding steroid dienone is 3. The number of fused-ring (bicyclic) bond motifs is 3. The lowest BCUT2D eigenvalue weighted by atomic mass is 9.90. The molecular formula is C26H29NO5. The van der Waals surface area contributed by atoms with E-state index in [1.165, 1.54) is 12.3 Å². The summed E-state index contributed by atoms with van der Waals surface area (Å²) < 4.78 is 13.8. The van der Waals surface area contributed by atoms with Crippen LogP contribution in [0, 0.1) is 11.8 Å². The molecule has 2 aliphatic rings. The van der Waals surface area contributed by atoms with Crippen LogP contribution in [-0.2, 0) is 6.42 Å². The Morgan fingerprint density at radius 1 is 1.22 bits per heavy atom. The predicted molar refractivity (Wildman–Crippen MR) is 124 cm³/mol. The molecule has 1 aromatic heterocycles. The van der Waals surface area contributed by atoms with Crippen molar-refractivity contribution in [3.05, 3.63) is 70.1 Å². The molecule has 6 nitrogen and oxygen atoms in total. The van der Waals surface area contributed by atoms with Gasteiger partial charge in [0.1, 0.15) is 5.56 Å². The van der Waals surface area contributed by atoms with Crippen LogP contribution in [0.5, 0.6) is 11.5 Å². The van der Waals surface area contributed by atoms with E-state index in [2.05, 4.69) is 38.2 Å². The fraction of sp³-hybridized carbons (Fsp3) is 0.385. The number of ether oxygens (including phenoxy) is 2. The Bertz CT molecular complexity index is 1140. The lowest BCUT2D eigenvalue weighted by Gasteiger charge is -2.31. The fourth-order valence-electron chi connectivity index (χ4n) is 4.55. The van der Waals surface area contributed by atoms with Gasteiger partial charge in [0.05, 0.1) is 19.4 Å². The summed E-state index contributed by atoms with van der Waals surface area (Å²) in [6.07, 6.45) is 12.6. The van der Waals surface area contributed by atoms with Crippen molar-refractivity contribution in [2.24, 2.45) is 11.8 Å². The smallest absolute Gasteiger partial charge is 0.341 e. The maximum absolute atomic E-state index is 12.4. The number of carbonyl (C=O) groups is 1. The molecule has 1 aliphatic heterocycles. The maximum atomic E-state index is 12.4. The summed E-state index contributed by atoms with van der Waals surface area (Å²) in [5.41, 5.74) is 1.96. The van der Waals surface area contributed by atoms with Crippen molar-refractivity contribution in [2.75, 3.05) is 13.7 Å². The summed E-state index contributed by atoms with van der Waals surface area (Å²) in [5, 5.41) is 9.38. The largest absolute Gasteiger partial charge is 0.493 e. The summed E-state index contributed by atoms with van der Waals surface area (Å²) in [5.74, 6) is 0.882. The van der Waals surface area contributed by atoms with Crippen LogP contribution in [0.1, 0.15) is 48.7 Å². The molecule has 3 atom stereocenters. The Kier molecular flexibility index (Phi) is 6.21. The SMILES string of the molecule is CCC1Cc2cc(OCC3C=CC=CCC3C)c(OC)cc2-c2cc(=O)c(C(=O)O)cn21. The Labute approximate surface area is 187 Å². The number of nitrogens with zero attached hydrogens (tertiary/aromatic N) is 1. The molecule has 1 aromatic carbocycles. The molecule has 0 bridgehead atoms. The van der Waals surface area contributed by atoms with Gasteiger partial charge in [-0.15, -0.1) is 0 Å². The van der Waals surface area contributed by atoms with Crippen molar-refractivity contribution in [1.82, 2.24) is 4.57 Å². The van der Waals surface area contributed by atoms with Crippen LogP contribution in [0.4, 0.5) is 0 Å². The van der Waals surface area contributed by atoms with Gasteiger partial charge in [-0.3, -0.25) is 4.79 Å². The zero-order valence-corrected chi connectivity index (χ0v) is 18.7. The van der Waals surface area contributed by atoms with Crippen LogP contribution in [-0.4, -0.2) is 29.4 Å². The second kappa shape index (κ2) is 9.07. The van der Waals surface area contributed by atoms with Gasteiger partial charge >= 0.3 is 5.97 Å². The molecule has 2 heterocycles. The van der Waals surface area contributed by atoms with E-state index in [4.69, 9.17) is 9.47 Å². The van der Waals surface area contributed by atoms with Crippen molar-refractivity contribution in [3.63, 3.8) is 0 Å². The number of hydrogen-bond donors (Lipinski definition) is 1. The topological polar surface area (TPSA) is 77.8 Å². The minimum Gasteiger partial charge on any atom is -0.493 e. The van der Waals surface area contributed by atoms with E-state index >= 15 is 0 Å².